The fourth-order valence-corrected chi connectivity index (χ4v) is 4.70. The van der Waals surface area contributed by atoms with Crippen LogP contribution in [0.2, 0.25) is 0 Å². The number of carbonyl (C=O) groups is 1. The van der Waals surface area contributed by atoms with Crippen molar-refractivity contribution >= 4 is 11.9 Å². The zero-order chi connectivity index (χ0) is 24.3. The van der Waals surface area contributed by atoms with Gasteiger partial charge < -0.3 is 24.6 Å². The smallest absolute Gasteiger partial charge is 0.266 e. The molecule has 1 saturated carbocycles. The van der Waals surface area contributed by atoms with Crippen LogP contribution in [-0.4, -0.2) is 53.5 Å². The quantitative estimate of drug-likeness (QED) is 0.505. The summed E-state index contributed by atoms with van der Waals surface area (Å²) < 4.78 is 11.5. The van der Waals surface area contributed by atoms with Crippen molar-refractivity contribution in [1.29, 1.82) is 0 Å². The summed E-state index contributed by atoms with van der Waals surface area (Å²) >= 11 is 0. The van der Waals surface area contributed by atoms with Crippen molar-refractivity contribution in [1.82, 2.24) is 15.5 Å². The van der Waals surface area contributed by atoms with Gasteiger partial charge in [0.1, 0.15) is 5.75 Å². The highest BCUT2D eigenvalue weighted by Crippen LogP contribution is 2.58. The Morgan fingerprint density at radius 1 is 1.35 bits per heavy atom. The molecule has 1 aliphatic carbocycles. The number of amides is 1. The Balaban J connectivity index is 1.16. The Labute approximate surface area is 202 Å². The van der Waals surface area contributed by atoms with Crippen molar-refractivity contribution in [3.8, 4) is 5.75 Å². The Kier molecular flexibility index (Phi) is 7.45. The van der Waals surface area contributed by atoms with Crippen LogP contribution in [0.4, 0.5) is 5.95 Å². The van der Waals surface area contributed by atoms with Crippen LogP contribution in [0.1, 0.15) is 80.6 Å². The standard InChI is InChI=1S/C26H38N4O4/c1-17-14-20(7-8-21(17)23(32)27-18(2)16-31)33-13-5-6-19-9-11-30(12-10-19)25-28-24(34-29-25)22-15-26(22,3)4/h7-8,14,18-19,22,31H,5-6,9-13,15-16H2,1-4H3,(H,27,32)/t18-,22?/m1/s1. The summed E-state index contributed by atoms with van der Waals surface area (Å²) in [6.07, 6.45) is 5.53. The molecule has 0 spiro atoms. The van der Waals surface area contributed by atoms with Crippen LogP contribution in [-0.2, 0) is 0 Å². The largest absolute Gasteiger partial charge is 0.494 e. The molecular weight excluding hydrogens is 432 g/mol. The van der Waals surface area contributed by atoms with E-state index in [1.165, 1.54) is 0 Å². The minimum absolute atomic E-state index is 0.0814. The van der Waals surface area contributed by atoms with Crippen molar-refractivity contribution in [2.24, 2.45) is 11.3 Å². The molecule has 186 valence electrons. The zero-order valence-electron chi connectivity index (χ0n) is 20.8. The van der Waals surface area contributed by atoms with Crippen LogP contribution in [0.5, 0.6) is 5.75 Å². The summed E-state index contributed by atoms with van der Waals surface area (Å²) in [6.45, 7) is 10.7. The van der Waals surface area contributed by atoms with E-state index in [9.17, 15) is 4.79 Å². The number of hydrogen-bond donors (Lipinski definition) is 2. The third-order valence-electron chi connectivity index (χ3n) is 7.26. The van der Waals surface area contributed by atoms with Gasteiger partial charge in [0.15, 0.2) is 0 Å². The average Bonchev–Trinajstić information content (AvgIpc) is 3.20. The van der Waals surface area contributed by atoms with Crippen LogP contribution in [0.15, 0.2) is 22.7 Å². The number of aliphatic hydroxyl groups is 1. The van der Waals surface area contributed by atoms with Gasteiger partial charge in [-0.1, -0.05) is 13.8 Å². The van der Waals surface area contributed by atoms with Crippen LogP contribution < -0.4 is 15.0 Å². The molecule has 2 aromatic rings. The lowest BCUT2D eigenvalue weighted by molar-refractivity contribution is 0.0921. The maximum atomic E-state index is 12.3. The van der Waals surface area contributed by atoms with Crippen LogP contribution in [0.25, 0.3) is 0 Å². The number of piperidine rings is 1. The highest BCUT2D eigenvalue weighted by atomic mass is 16.5. The molecule has 1 aliphatic heterocycles. The summed E-state index contributed by atoms with van der Waals surface area (Å²) in [5.74, 6) is 3.25. The van der Waals surface area contributed by atoms with E-state index in [1.807, 2.05) is 19.1 Å². The number of nitrogens with one attached hydrogen (secondary N) is 1. The first-order valence-electron chi connectivity index (χ1n) is 12.5. The van der Waals surface area contributed by atoms with E-state index in [2.05, 4.69) is 34.2 Å². The minimum atomic E-state index is -0.269. The van der Waals surface area contributed by atoms with Crippen molar-refractivity contribution in [3.63, 3.8) is 0 Å². The van der Waals surface area contributed by atoms with Crippen molar-refractivity contribution in [2.45, 2.75) is 71.8 Å². The molecule has 2 heterocycles. The summed E-state index contributed by atoms with van der Waals surface area (Å²) in [4.78, 5) is 19.2. The second kappa shape index (κ2) is 10.3. The molecule has 0 bridgehead atoms. The number of ether oxygens (including phenoxy) is 1. The number of rotatable bonds is 10. The molecule has 34 heavy (non-hydrogen) atoms. The van der Waals surface area contributed by atoms with E-state index in [0.29, 0.717) is 29.4 Å². The fourth-order valence-electron chi connectivity index (χ4n) is 4.70. The molecule has 1 unspecified atom stereocenters. The minimum Gasteiger partial charge on any atom is -0.494 e. The summed E-state index contributed by atoms with van der Waals surface area (Å²) in [5, 5.41) is 16.1. The first-order valence-corrected chi connectivity index (χ1v) is 12.5. The predicted octanol–water partition coefficient (Wildman–Crippen LogP) is 4.08. The van der Waals surface area contributed by atoms with Gasteiger partial charge in [0.2, 0.25) is 5.89 Å². The zero-order valence-corrected chi connectivity index (χ0v) is 20.8. The third kappa shape index (κ3) is 5.90. The number of hydrogen-bond acceptors (Lipinski definition) is 7. The first kappa shape index (κ1) is 24.5. The van der Waals surface area contributed by atoms with Gasteiger partial charge >= 0.3 is 0 Å². The lowest BCUT2D eigenvalue weighted by Gasteiger charge is -2.30. The maximum Gasteiger partial charge on any atom is 0.266 e. The molecule has 8 heteroatoms. The molecule has 1 aromatic carbocycles. The molecule has 0 radical (unpaired) electrons. The Morgan fingerprint density at radius 3 is 2.74 bits per heavy atom. The fraction of sp³-hybridized carbons (Fsp3) is 0.654. The Bertz CT molecular complexity index is 981. The maximum absolute atomic E-state index is 12.3. The van der Waals surface area contributed by atoms with Crippen LogP contribution in [0.3, 0.4) is 0 Å². The van der Waals surface area contributed by atoms with Crippen LogP contribution >= 0.6 is 0 Å². The lowest BCUT2D eigenvalue weighted by atomic mass is 9.92. The molecule has 4 rings (SSSR count). The molecular formula is C26H38N4O4. The normalized spacial score (nSPS) is 20.7. The molecule has 1 saturated heterocycles. The van der Waals surface area contributed by atoms with E-state index < -0.39 is 0 Å². The second-order valence-electron chi connectivity index (χ2n) is 10.6. The molecule has 2 fully saturated rings. The predicted molar refractivity (Wildman–Crippen MR) is 130 cm³/mol. The molecule has 1 aromatic heterocycles. The van der Waals surface area contributed by atoms with Gasteiger partial charge in [0.05, 0.1) is 13.2 Å². The number of nitrogens with zero attached hydrogens (tertiary/aromatic N) is 3. The van der Waals surface area contributed by atoms with Crippen molar-refractivity contribution in [3.05, 3.63) is 35.2 Å². The van der Waals surface area contributed by atoms with E-state index in [1.54, 1.807) is 13.0 Å². The molecule has 8 nitrogen and oxygen atoms in total. The Morgan fingerprint density at radius 2 is 2.09 bits per heavy atom. The topological polar surface area (TPSA) is 101 Å². The van der Waals surface area contributed by atoms with Gasteiger partial charge in [-0.2, -0.15) is 4.98 Å². The van der Waals surface area contributed by atoms with Crippen LogP contribution in [0, 0.1) is 18.3 Å². The highest BCUT2D eigenvalue weighted by molar-refractivity contribution is 5.95. The highest BCUT2D eigenvalue weighted by Gasteiger charge is 2.50. The molecule has 2 atom stereocenters. The van der Waals surface area contributed by atoms with E-state index in [0.717, 1.165) is 68.3 Å². The number of aliphatic hydroxyl groups excluding tert-OH is 1. The van der Waals surface area contributed by atoms with E-state index in [4.69, 9.17) is 14.4 Å². The van der Waals surface area contributed by atoms with Gasteiger partial charge in [0, 0.05) is 30.6 Å². The van der Waals surface area contributed by atoms with E-state index in [-0.39, 0.29) is 18.6 Å². The lowest BCUT2D eigenvalue weighted by Crippen LogP contribution is -2.35. The van der Waals surface area contributed by atoms with Crippen molar-refractivity contribution in [2.75, 3.05) is 31.2 Å². The molecule has 2 aliphatic rings. The van der Waals surface area contributed by atoms with E-state index >= 15 is 0 Å². The Hall–Kier alpha value is -2.61. The summed E-state index contributed by atoms with van der Waals surface area (Å²) in [5.41, 5.74) is 1.77. The molecule has 2 N–H and O–H groups in total. The van der Waals surface area contributed by atoms with Gasteiger partial charge in [0.25, 0.3) is 11.9 Å². The van der Waals surface area contributed by atoms with Gasteiger partial charge in [-0.3, -0.25) is 4.79 Å². The van der Waals surface area contributed by atoms with Gasteiger partial charge in [-0.05, 0) is 86.2 Å². The number of anilines is 1. The number of benzene rings is 1. The molecule has 1 amide bonds. The van der Waals surface area contributed by atoms with Gasteiger partial charge in [-0.15, -0.1) is 0 Å². The second-order valence-corrected chi connectivity index (χ2v) is 10.6. The number of aromatic nitrogens is 2. The first-order chi connectivity index (χ1) is 16.3. The number of aryl methyl sites for hydroxylation is 1. The average molecular weight is 471 g/mol. The van der Waals surface area contributed by atoms with Gasteiger partial charge in [-0.25, -0.2) is 0 Å². The van der Waals surface area contributed by atoms with Crippen molar-refractivity contribution < 1.29 is 19.2 Å². The third-order valence-corrected chi connectivity index (χ3v) is 7.26. The number of carbonyl (C=O) groups excluding carboxylic acids is 1. The summed E-state index contributed by atoms with van der Waals surface area (Å²) in [6, 6.07) is 5.26. The summed E-state index contributed by atoms with van der Waals surface area (Å²) in [7, 11) is 0. The monoisotopic (exact) mass is 470 g/mol. The SMILES string of the molecule is Cc1cc(OCCCC2CCN(c3noc(C4CC4(C)C)n3)CC2)ccc1C(=O)N[C@H](C)CO.